The summed E-state index contributed by atoms with van der Waals surface area (Å²) in [4.78, 5) is 37.9. The van der Waals surface area contributed by atoms with E-state index in [-0.39, 0.29) is 17.7 Å². The molecule has 0 aromatic heterocycles. The van der Waals surface area contributed by atoms with E-state index < -0.39 is 0 Å². The largest absolute Gasteiger partial charge is 0.497 e. The van der Waals surface area contributed by atoms with E-state index in [4.69, 9.17) is 4.74 Å². The van der Waals surface area contributed by atoms with Crippen molar-refractivity contribution in [3.05, 3.63) is 59.7 Å². The molecule has 3 amide bonds. The Balaban J connectivity index is 1.34. The van der Waals surface area contributed by atoms with Gasteiger partial charge in [0.1, 0.15) is 5.75 Å². The van der Waals surface area contributed by atoms with Gasteiger partial charge in [0, 0.05) is 18.3 Å². The number of ether oxygens (including phenoxy) is 1. The Morgan fingerprint density at radius 3 is 2.43 bits per heavy atom. The first kappa shape index (κ1) is 19.9. The van der Waals surface area contributed by atoms with Crippen LogP contribution in [0.3, 0.4) is 0 Å². The van der Waals surface area contributed by atoms with Crippen LogP contribution in [0.1, 0.15) is 33.6 Å². The monoisotopic (exact) mass is 398 g/mol. The molecule has 146 valence electrons. The molecular weight excluding hydrogens is 376 g/mol. The Morgan fingerprint density at radius 2 is 1.75 bits per heavy atom. The Labute approximate surface area is 168 Å². The van der Waals surface area contributed by atoms with E-state index >= 15 is 0 Å². The van der Waals surface area contributed by atoms with E-state index in [9.17, 15) is 14.4 Å². The van der Waals surface area contributed by atoms with Crippen molar-refractivity contribution >= 4 is 35.2 Å². The van der Waals surface area contributed by atoms with Gasteiger partial charge in [-0.25, -0.2) is 0 Å². The molecule has 0 saturated heterocycles. The third kappa shape index (κ3) is 4.72. The van der Waals surface area contributed by atoms with E-state index in [1.807, 2.05) is 18.2 Å². The fourth-order valence-corrected chi connectivity index (χ4v) is 3.79. The Morgan fingerprint density at radius 1 is 1.04 bits per heavy atom. The number of methoxy groups -OCH3 is 1. The maximum Gasteiger partial charge on any atom is 0.261 e. The Kier molecular flexibility index (Phi) is 6.71. The summed E-state index contributed by atoms with van der Waals surface area (Å²) in [6, 6.07) is 14.1. The second kappa shape index (κ2) is 9.41. The van der Waals surface area contributed by atoms with E-state index in [1.165, 1.54) is 16.7 Å². The fraction of sp³-hybridized carbons (Fsp3) is 0.286. The Hall–Kier alpha value is -2.80. The number of benzene rings is 2. The highest BCUT2D eigenvalue weighted by Gasteiger charge is 2.34. The number of amides is 3. The molecule has 1 heterocycles. The number of nitrogens with one attached hydrogen (secondary N) is 1. The number of fused-ring (bicyclic) bond motifs is 1. The normalized spacial score (nSPS) is 12.8. The number of thioether (sulfide) groups is 1. The molecule has 2 aromatic rings. The highest BCUT2D eigenvalue weighted by Crippen LogP contribution is 2.23. The molecule has 0 saturated carbocycles. The lowest BCUT2D eigenvalue weighted by atomic mass is 10.1. The molecule has 28 heavy (non-hydrogen) atoms. The van der Waals surface area contributed by atoms with Crippen molar-refractivity contribution in [2.75, 3.05) is 30.5 Å². The van der Waals surface area contributed by atoms with Gasteiger partial charge in [-0.3, -0.25) is 19.3 Å². The summed E-state index contributed by atoms with van der Waals surface area (Å²) >= 11 is 1.53. The van der Waals surface area contributed by atoms with Gasteiger partial charge in [0.25, 0.3) is 11.8 Å². The van der Waals surface area contributed by atoms with Crippen LogP contribution in [0.4, 0.5) is 5.69 Å². The topological polar surface area (TPSA) is 75.7 Å². The van der Waals surface area contributed by atoms with Crippen LogP contribution >= 0.6 is 11.8 Å². The molecule has 0 unspecified atom stereocenters. The molecule has 1 N–H and O–H groups in total. The molecule has 1 aliphatic heterocycles. The number of nitrogens with zero attached hydrogens (tertiary/aromatic N) is 1. The average Bonchev–Trinajstić information content (AvgIpc) is 2.95. The first-order chi connectivity index (χ1) is 13.6. The zero-order valence-corrected chi connectivity index (χ0v) is 16.5. The number of hydrogen-bond acceptors (Lipinski definition) is 5. The van der Waals surface area contributed by atoms with Crippen LogP contribution in [-0.2, 0) is 4.79 Å². The summed E-state index contributed by atoms with van der Waals surface area (Å²) in [5.74, 6) is 1.33. The number of carbonyl (C=O) groups excluding carboxylic acids is 3. The predicted octanol–water partition coefficient (Wildman–Crippen LogP) is 3.44. The number of hydrogen-bond donors (Lipinski definition) is 1. The number of anilines is 1. The lowest BCUT2D eigenvalue weighted by molar-refractivity contribution is -0.113. The van der Waals surface area contributed by atoms with Crippen LogP contribution in [0.25, 0.3) is 0 Å². The van der Waals surface area contributed by atoms with Gasteiger partial charge >= 0.3 is 0 Å². The fourth-order valence-electron chi connectivity index (χ4n) is 2.98. The summed E-state index contributed by atoms with van der Waals surface area (Å²) in [6.07, 6.45) is 1.54. The van der Waals surface area contributed by atoms with Crippen molar-refractivity contribution in [1.29, 1.82) is 0 Å². The Bertz CT molecular complexity index is 849. The van der Waals surface area contributed by atoms with Gasteiger partial charge < -0.3 is 10.1 Å². The van der Waals surface area contributed by atoms with Crippen LogP contribution in [0.5, 0.6) is 5.75 Å². The van der Waals surface area contributed by atoms with Gasteiger partial charge in [-0.05, 0) is 42.9 Å². The molecule has 0 atom stereocenters. The molecule has 1 aliphatic rings. The van der Waals surface area contributed by atoms with E-state index in [0.29, 0.717) is 34.9 Å². The van der Waals surface area contributed by atoms with Gasteiger partial charge in [-0.1, -0.05) is 18.2 Å². The quantitative estimate of drug-likeness (QED) is 0.517. The van der Waals surface area contributed by atoms with Crippen molar-refractivity contribution in [1.82, 2.24) is 4.90 Å². The lowest BCUT2D eigenvalue weighted by Crippen LogP contribution is -2.30. The molecule has 0 radical (unpaired) electrons. The standard InChI is InChI=1S/C21H22N2O4S/c1-27-16-8-6-7-15(13-16)22-19(24)14-28-12-5-4-11-23-20(25)17-9-2-3-10-18(17)21(23)26/h2-3,6-10,13H,4-5,11-12,14H2,1H3,(H,22,24). The minimum atomic E-state index is -0.217. The molecule has 0 bridgehead atoms. The van der Waals surface area contributed by atoms with Gasteiger partial charge in [-0.15, -0.1) is 0 Å². The maximum absolute atomic E-state index is 12.3. The lowest BCUT2D eigenvalue weighted by Gasteiger charge is -2.13. The molecule has 6 nitrogen and oxygen atoms in total. The van der Waals surface area contributed by atoms with Gasteiger partial charge in [-0.2, -0.15) is 11.8 Å². The average molecular weight is 398 g/mol. The van der Waals surface area contributed by atoms with Crippen LogP contribution < -0.4 is 10.1 Å². The minimum Gasteiger partial charge on any atom is -0.497 e. The van der Waals surface area contributed by atoms with Crippen LogP contribution in [0, 0.1) is 0 Å². The van der Waals surface area contributed by atoms with Crippen molar-refractivity contribution in [2.24, 2.45) is 0 Å². The highest BCUT2D eigenvalue weighted by atomic mass is 32.2. The van der Waals surface area contributed by atoms with Crippen molar-refractivity contribution in [3.63, 3.8) is 0 Å². The number of carbonyl (C=O) groups is 3. The second-order valence-electron chi connectivity index (χ2n) is 6.35. The second-order valence-corrected chi connectivity index (χ2v) is 7.45. The maximum atomic E-state index is 12.3. The first-order valence-electron chi connectivity index (χ1n) is 9.07. The molecular formula is C21H22N2O4S. The van der Waals surface area contributed by atoms with Gasteiger partial charge in [0.2, 0.25) is 5.91 Å². The molecule has 3 rings (SSSR count). The van der Waals surface area contributed by atoms with Gasteiger partial charge in [0.15, 0.2) is 0 Å². The number of imide groups is 1. The minimum absolute atomic E-state index is 0.0707. The summed E-state index contributed by atoms with van der Waals surface area (Å²) in [6.45, 7) is 0.406. The van der Waals surface area contributed by atoms with Crippen LogP contribution in [0.15, 0.2) is 48.5 Å². The smallest absolute Gasteiger partial charge is 0.261 e. The number of rotatable bonds is 9. The molecule has 2 aromatic carbocycles. The molecule has 0 aliphatic carbocycles. The zero-order chi connectivity index (χ0) is 19.9. The van der Waals surface area contributed by atoms with E-state index in [0.717, 1.165) is 18.6 Å². The summed E-state index contributed by atoms with van der Waals surface area (Å²) in [7, 11) is 1.58. The summed E-state index contributed by atoms with van der Waals surface area (Å²) in [5.41, 5.74) is 1.67. The van der Waals surface area contributed by atoms with E-state index in [1.54, 1.807) is 37.4 Å². The van der Waals surface area contributed by atoms with Crippen molar-refractivity contribution < 1.29 is 19.1 Å². The summed E-state index contributed by atoms with van der Waals surface area (Å²) in [5, 5.41) is 2.84. The SMILES string of the molecule is COc1cccc(NC(=O)CSCCCCN2C(=O)c3ccccc3C2=O)c1. The molecule has 7 heteroatoms. The summed E-state index contributed by atoms with van der Waals surface area (Å²) < 4.78 is 5.13. The van der Waals surface area contributed by atoms with Crippen molar-refractivity contribution in [3.8, 4) is 5.75 Å². The van der Waals surface area contributed by atoms with Crippen LogP contribution in [-0.4, -0.2) is 47.8 Å². The molecule has 0 spiro atoms. The van der Waals surface area contributed by atoms with E-state index in [2.05, 4.69) is 5.32 Å². The highest BCUT2D eigenvalue weighted by molar-refractivity contribution is 7.99. The van der Waals surface area contributed by atoms with Crippen molar-refractivity contribution in [2.45, 2.75) is 12.8 Å². The van der Waals surface area contributed by atoms with Crippen LogP contribution in [0.2, 0.25) is 0 Å². The van der Waals surface area contributed by atoms with Gasteiger partial charge in [0.05, 0.1) is 24.0 Å². The molecule has 0 fully saturated rings. The number of unbranched alkanes of at least 4 members (excludes halogenated alkanes) is 1. The zero-order valence-electron chi connectivity index (χ0n) is 15.6. The third-order valence-electron chi connectivity index (χ3n) is 4.39. The predicted molar refractivity (Wildman–Crippen MR) is 110 cm³/mol. The first-order valence-corrected chi connectivity index (χ1v) is 10.2. The third-order valence-corrected chi connectivity index (χ3v) is 5.43.